The summed E-state index contributed by atoms with van der Waals surface area (Å²) in [5.41, 5.74) is -0.227. The second kappa shape index (κ2) is 8.57. The van der Waals surface area contributed by atoms with Crippen LogP contribution in [0.2, 0.25) is 0 Å². The molecule has 0 aliphatic carbocycles. The molecule has 0 aliphatic heterocycles. The minimum absolute atomic E-state index is 0.221. The molecule has 0 heterocycles. The van der Waals surface area contributed by atoms with Gasteiger partial charge in [0.15, 0.2) is 0 Å². The molecule has 0 saturated heterocycles. The van der Waals surface area contributed by atoms with Gasteiger partial charge in [-0.15, -0.1) is 0 Å². The molecule has 3 heteroatoms. The Morgan fingerprint density at radius 1 is 1.19 bits per heavy atom. The Morgan fingerprint density at radius 3 is 2.38 bits per heavy atom. The molecule has 1 atom stereocenters. The van der Waals surface area contributed by atoms with E-state index in [-0.39, 0.29) is 12.0 Å². The van der Waals surface area contributed by atoms with Crippen LogP contribution in [0, 0.1) is 0 Å². The van der Waals surface area contributed by atoms with Crippen LogP contribution in [0.4, 0.5) is 0 Å². The van der Waals surface area contributed by atoms with Gasteiger partial charge in [0.1, 0.15) is 0 Å². The average Bonchev–Trinajstić information content (AvgIpc) is 2.21. The molecule has 0 spiro atoms. The summed E-state index contributed by atoms with van der Waals surface area (Å²) in [4.78, 5) is 10.8. The van der Waals surface area contributed by atoms with Crippen LogP contribution in [0.25, 0.3) is 0 Å². The molecule has 0 amide bonds. The van der Waals surface area contributed by atoms with Crippen molar-refractivity contribution in [3.8, 4) is 0 Å². The van der Waals surface area contributed by atoms with Gasteiger partial charge in [0.25, 0.3) is 0 Å². The Bertz CT molecular complexity index is 194. The van der Waals surface area contributed by atoms with E-state index >= 15 is 0 Å². The zero-order chi connectivity index (χ0) is 12.4. The maximum atomic E-state index is 10.8. The lowest BCUT2D eigenvalue weighted by atomic mass is 9.90. The maximum absolute atomic E-state index is 10.8. The molecule has 0 fully saturated rings. The summed E-state index contributed by atoms with van der Waals surface area (Å²) in [5, 5.41) is 12.3. The van der Waals surface area contributed by atoms with Crippen LogP contribution in [0.15, 0.2) is 0 Å². The lowest BCUT2D eigenvalue weighted by Gasteiger charge is -2.29. The van der Waals surface area contributed by atoms with E-state index < -0.39 is 5.97 Å². The maximum Gasteiger partial charge on any atom is 0.305 e. The van der Waals surface area contributed by atoms with Crippen LogP contribution < -0.4 is 5.32 Å². The molecule has 3 nitrogen and oxygen atoms in total. The molecule has 16 heavy (non-hydrogen) atoms. The first-order chi connectivity index (χ1) is 7.54. The first kappa shape index (κ1) is 15.4. The predicted molar refractivity (Wildman–Crippen MR) is 67.7 cm³/mol. The van der Waals surface area contributed by atoms with Crippen molar-refractivity contribution in [1.82, 2.24) is 5.32 Å². The summed E-state index contributed by atoms with van der Waals surface area (Å²) in [5.74, 6) is -0.707. The molecular formula is C13H27NO2. The summed E-state index contributed by atoms with van der Waals surface area (Å²) >= 11 is 0. The molecule has 96 valence electrons. The lowest BCUT2D eigenvalue weighted by molar-refractivity contribution is -0.138. The van der Waals surface area contributed by atoms with Gasteiger partial charge in [-0.25, -0.2) is 0 Å². The number of carboxylic acid groups (broad SMARTS) is 1. The fraction of sp³-hybridized carbons (Fsp3) is 0.923. The molecule has 0 aliphatic rings. The number of carboxylic acids is 1. The fourth-order valence-electron chi connectivity index (χ4n) is 1.94. The number of rotatable bonds is 10. The quantitative estimate of drug-likeness (QED) is 0.566. The van der Waals surface area contributed by atoms with Crippen molar-refractivity contribution in [2.24, 2.45) is 0 Å². The zero-order valence-electron chi connectivity index (χ0n) is 11.0. The summed E-state index contributed by atoms with van der Waals surface area (Å²) in [6.07, 6.45) is 7.02. The van der Waals surface area contributed by atoms with Crippen molar-refractivity contribution < 1.29 is 9.90 Å². The molecule has 1 unspecified atom stereocenters. The number of carbonyl (C=O) groups is 1. The van der Waals surface area contributed by atoms with Crippen molar-refractivity contribution in [2.75, 3.05) is 6.54 Å². The van der Waals surface area contributed by atoms with Gasteiger partial charge in [0, 0.05) is 5.54 Å². The highest BCUT2D eigenvalue weighted by Gasteiger charge is 2.25. The first-order valence-electron chi connectivity index (χ1n) is 6.51. The normalized spacial score (nSPS) is 14.7. The highest BCUT2D eigenvalue weighted by molar-refractivity contribution is 5.68. The summed E-state index contributed by atoms with van der Waals surface area (Å²) in [6.45, 7) is 7.22. The molecular weight excluding hydrogens is 202 g/mol. The molecule has 0 aromatic rings. The van der Waals surface area contributed by atoms with Crippen LogP contribution in [-0.2, 0) is 4.79 Å². The van der Waals surface area contributed by atoms with Crippen LogP contribution in [0.5, 0.6) is 0 Å². The number of unbranched alkanes of at least 4 members (excludes halogenated alkanes) is 3. The zero-order valence-corrected chi connectivity index (χ0v) is 11.0. The van der Waals surface area contributed by atoms with Gasteiger partial charge in [0.05, 0.1) is 6.42 Å². The Kier molecular flexibility index (Phi) is 8.26. The fourth-order valence-corrected chi connectivity index (χ4v) is 1.94. The van der Waals surface area contributed by atoms with Crippen LogP contribution in [-0.4, -0.2) is 23.2 Å². The van der Waals surface area contributed by atoms with Crippen LogP contribution >= 0.6 is 0 Å². The van der Waals surface area contributed by atoms with Crippen LogP contribution in [0.1, 0.15) is 65.7 Å². The number of nitrogens with one attached hydrogen (secondary N) is 1. The summed E-state index contributed by atoms with van der Waals surface area (Å²) in [6, 6.07) is 0. The molecule has 0 aromatic heterocycles. The molecule has 0 saturated carbocycles. The third kappa shape index (κ3) is 7.69. The molecule has 2 N–H and O–H groups in total. The second-order valence-corrected chi connectivity index (χ2v) is 4.87. The Hall–Kier alpha value is -0.570. The molecule has 0 rings (SSSR count). The topological polar surface area (TPSA) is 49.3 Å². The van der Waals surface area contributed by atoms with E-state index in [0.29, 0.717) is 0 Å². The van der Waals surface area contributed by atoms with E-state index in [9.17, 15) is 4.79 Å². The Labute approximate surface area is 99.6 Å². The smallest absolute Gasteiger partial charge is 0.305 e. The highest BCUT2D eigenvalue weighted by Crippen LogP contribution is 2.19. The third-order valence-corrected chi connectivity index (χ3v) is 2.93. The van der Waals surface area contributed by atoms with Crippen molar-refractivity contribution in [3.63, 3.8) is 0 Å². The van der Waals surface area contributed by atoms with Gasteiger partial charge < -0.3 is 10.4 Å². The van der Waals surface area contributed by atoms with Crippen molar-refractivity contribution in [3.05, 3.63) is 0 Å². The average molecular weight is 229 g/mol. The second-order valence-electron chi connectivity index (χ2n) is 4.87. The van der Waals surface area contributed by atoms with Gasteiger partial charge in [-0.05, 0) is 26.3 Å². The van der Waals surface area contributed by atoms with Crippen molar-refractivity contribution in [2.45, 2.75) is 71.3 Å². The molecule has 0 aromatic carbocycles. The summed E-state index contributed by atoms with van der Waals surface area (Å²) < 4.78 is 0. The largest absolute Gasteiger partial charge is 0.481 e. The van der Waals surface area contributed by atoms with Gasteiger partial charge in [-0.3, -0.25) is 4.79 Å². The lowest BCUT2D eigenvalue weighted by Crippen LogP contribution is -2.44. The Balaban J connectivity index is 4.02. The third-order valence-electron chi connectivity index (χ3n) is 2.93. The molecule has 0 radical (unpaired) electrons. The number of hydrogen-bond acceptors (Lipinski definition) is 2. The van der Waals surface area contributed by atoms with E-state index in [0.717, 1.165) is 25.8 Å². The monoisotopic (exact) mass is 229 g/mol. The summed E-state index contributed by atoms with van der Waals surface area (Å²) in [7, 11) is 0. The number of hydrogen-bond donors (Lipinski definition) is 2. The minimum Gasteiger partial charge on any atom is -0.481 e. The van der Waals surface area contributed by atoms with Gasteiger partial charge in [-0.2, -0.15) is 0 Å². The SMILES string of the molecule is CCCCCCC(C)(CC(=O)O)NCCC. The van der Waals surface area contributed by atoms with Gasteiger partial charge in [-0.1, -0.05) is 39.5 Å². The molecule has 0 bridgehead atoms. The number of aliphatic carboxylic acids is 1. The van der Waals surface area contributed by atoms with Crippen molar-refractivity contribution in [1.29, 1.82) is 0 Å². The first-order valence-corrected chi connectivity index (χ1v) is 6.51. The van der Waals surface area contributed by atoms with Crippen LogP contribution in [0.3, 0.4) is 0 Å². The van der Waals surface area contributed by atoms with E-state index in [1.54, 1.807) is 0 Å². The highest BCUT2D eigenvalue weighted by atomic mass is 16.4. The standard InChI is InChI=1S/C13H27NO2/c1-4-6-7-8-9-13(3,11-12(15)16)14-10-5-2/h14H,4-11H2,1-3H3,(H,15,16). The van der Waals surface area contributed by atoms with E-state index in [1.165, 1.54) is 19.3 Å². The van der Waals surface area contributed by atoms with E-state index in [4.69, 9.17) is 5.11 Å². The van der Waals surface area contributed by atoms with Crippen molar-refractivity contribution >= 4 is 5.97 Å². The van der Waals surface area contributed by atoms with Gasteiger partial charge in [0.2, 0.25) is 0 Å². The Morgan fingerprint density at radius 2 is 1.88 bits per heavy atom. The van der Waals surface area contributed by atoms with Gasteiger partial charge >= 0.3 is 5.97 Å². The minimum atomic E-state index is -0.707. The predicted octanol–water partition coefficient (Wildman–Crippen LogP) is 3.19. The van der Waals surface area contributed by atoms with E-state index in [2.05, 4.69) is 19.2 Å². The van der Waals surface area contributed by atoms with E-state index in [1.807, 2.05) is 6.92 Å².